The Labute approximate surface area is 134 Å². The highest BCUT2D eigenvalue weighted by Crippen LogP contribution is 2.15. The Kier molecular flexibility index (Phi) is 4.88. The highest BCUT2D eigenvalue weighted by molar-refractivity contribution is 5.94. The lowest BCUT2D eigenvalue weighted by Crippen LogP contribution is -2.47. The fraction of sp³-hybridized carbons (Fsp3) is 0.278. The zero-order valence-electron chi connectivity index (χ0n) is 12.7. The molecule has 1 saturated heterocycles. The molecule has 5 heteroatoms. The molecule has 0 aromatic heterocycles. The minimum atomic E-state index is -0.340. The molecule has 1 atom stereocenters. The number of morpholine rings is 1. The van der Waals surface area contributed by atoms with Crippen LogP contribution in [0.3, 0.4) is 0 Å². The third-order valence-corrected chi connectivity index (χ3v) is 3.68. The van der Waals surface area contributed by atoms with E-state index in [0.29, 0.717) is 31.0 Å². The Morgan fingerprint density at radius 1 is 1.22 bits per heavy atom. The van der Waals surface area contributed by atoms with Gasteiger partial charge in [0.2, 0.25) is 0 Å². The standard InChI is InChI=1S/C18H18FNO3/c19-15-7-4-8-16(11-15)23-13-17-12-20(9-10-22-17)18(21)14-5-2-1-3-6-14/h1-8,11,17H,9-10,12-13H2. The van der Waals surface area contributed by atoms with E-state index in [1.165, 1.54) is 12.1 Å². The number of carbonyl (C=O) groups is 1. The van der Waals surface area contributed by atoms with Gasteiger partial charge in [0.05, 0.1) is 13.2 Å². The van der Waals surface area contributed by atoms with Crippen LogP contribution in [0, 0.1) is 5.82 Å². The number of carbonyl (C=O) groups excluding carboxylic acids is 1. The molecule has 1 amide bonds. The second-order valence-corrected chi connectivity index (χ2v) is 5.38. The van der Waals surface area contributed by atoms with Gasteiger partial charge in [-0.25, -0.2) is 4.39 Å². The molecule has 1 unspecified atom stereocenters. The van der Waals surface area contributed by atoms with Gasteiger partial charge in [-0.1, -0.05) is 24.3 Å². The van der Waals surface area contributed by atoms with Crippen molar-refractivity contribution in [3.05, 3.63) is 66.0 Å². The van der Waals surface area contributed by atoms with Crippen molar-refractivity contribution < 1.29 is 18.7 Å². The first kappa shape index (κ1) is 15.5. The molecule has 1 aliphatic heterocycles. The summed E-state index contributed by atoms with van der Waals surface area (Å²) in [5, 5.41) is 0. The molecular weight excluding hydrogens is 297 g/mol. The summed E-state index contributed by atoms with van der Waals surface area (Å²) in [6.07, 6.45) is -0.223. The third kappa shape index (κ3) is 4.07. The van der Waals surface area contributed by atoms with Crippen molar-refractivity contribution in [1.29, 1.82) is 0 Å². The van der Waals surface area contributed by atoms with Gasteiger partial charge >= 0.3 is 0 Å². The Bertz CT molecular complexity index is 662. The van der Waals surface area contributed by atoms with Crippen molar-refractivity contribution in [3.63, 3.8) is 0 Å². The lowest BCUT2D eigenvalue weighted by molar-refractivity contribution is -0.0401. The first-order valence-corrected chi connectivity index (χ1v) is 7.56. The molecule has 1 aliphatic rings. The van der Waals surface area contributed by atoms with E-state index in [4.69, 9.17) is 9.47 Å². The van der Waals surface area contributed by atoms with E-state index >= 15 is 0 Å². The number of rotatable bonds is 4. The average molecular weight is 315 g/mol. The summed E-state index contributed by atoms with van der Waals surface area (Å²) < 4.78 is 24.3. The Morgan fingerprint density at radius 2 is 2.04 bits per heavy atom. The predicted octanol–water partition coefficient (Wildman–Crippen LogP) is 2.75. The fourth-order valence-electron chi connectivity index (χ4n) is 2.51. The lowest BCUT2D eigenvalue weighted by atomic mass is 10.2. The van der Waals surface area contributed by atoms with Crippen molar-refractivity contribution in [3.8, 4) is 5.75 Å². The molecule has 2 aromatic rings. The van der Waals surface area contributed by atoms with E-state index in [0.717, 1.165) is 0 Å². The van der Waals surface area contributed by atoms with Crippen LogP contribution in [-0.2, 0) is 4.74 Å². The summed E-state index contributed by atoms with van der Waals surface area (Å²) in [6.45, 7) is 1.77. The van der Waals surface area contributed by atoms with E-state index < -0.39 is 0 Å². The van der Waals surface area contributed by atoms with Crippen LogP contribution in [0.5, 0.6) is 5.75 Å². The van der Waals surface area contributed by atoms with Crippen molar-refractivity contribution >= 4 is 5.91 Å². The van der Waals surface area contributed by atoms with Gasteiger partial charge in [-0.15, -0.1) is 0 Å². The normalized spacial score (nSPS) is 17.8. The second-order valence-electron chi connectivity index (χ2n) is 5.38. The van der Waals surface area contributed by atoms with Crippen LogP contribution in [0.4, 0.5) is 4.39 Å². The van der Waals surface area contributed by atoms with Crippen molar-refractivity contribution in [2.75, 3.05) is 26.3 Å². The third-order valence-electron chi connectivity index (χ3n) is 3.68. The van der Waals surface area contributed by atoms with E-state index in [1.807, 2.05) is 18.2 Å². The molecule has 0 spiro atoms. The molecule has 23 heavy (non-hydrogen) atoms. The maximum atomic E-state index is 13.1. The predicted molar refractivity (Wildman–Crippen MR) is 84.0 cm³/mol. The number of nitrogens with zero attached hydrogens (tertiary/aromatic N) is 1. The van der Waals surface area contributed by atoms with Crippen LogP contribution in [0.15, 0.2) is 54.6 Å². The number of hydrogen-bond acceptors (Lipinski definition) is 3. The zero-order valence-corrected chi connectivity index (χ0v) is 12.7. The van der Waals surface area contributed by atoms with Crippen molar-refractivity contribution in [1.82, 2.24) is 4.90 Å². The van der Waals surface area contributed by atoms with E-state index in [1.54, 1.807) is 29.2 Å². The summed E-state index contributed by atoms with van der Waals surface area (Å²) in [7, 11) is 0. The maximum Gasteiger partial charge on any atom is 0.254 e. The number of ether oxygens (including phenoxy) is 2. The molecule has 120 valence electrons. The first-order chi connectivity index (χ1) is 11.2. The van der Waals surface area contributed by atoms with Gasteiger partial charge in [-0.2, -0.15) is 0 Å². The topological polar surface area (TPSA) is 38.8 Å². The van der Waals surface area contributed by atoms with Gasteiger partial charge in [0.25, 0.3) is 5.91 Å². The van der Waals surface area contributed by atoms with Gasteiger partial charge in [-0.3, -0.25) is 4.79 Å². The minimum Gasteiger partial charge on any atom is -0.491 e. The molecule has 3 rings (SSSR count). The lowest BCUT2D eigenvalue weighted by Gasteiger charge is -2.32. The van der Waals surface area contributed by atoms with E-state index in [2.05, 4.69) is 0 Å². The van der Waals surface area contributed by atoms with Gasteiger partial charge in [0.15, 0.2) is 0 Å². The van der Waals surface area contributed by atoms with Crippen LogP contribution < -0.4 is 4.74 Å². The van der Waals surface area contributed by atoms with Crippen molar-refractivity contribution in [2.24, 2.45) is 0 Å². The van der Waals surface area contributed by atoms with Gasteiger partial charge in [0.1, 0.15) is 24.3 Å². The van der Waals surface area contributed by atoms with Crippen LogP contribution in [-0.4, -0.2) is 43.2 Å². The smallest absolute Gasteiger partial charge is 0.254 e. The molecule has 1 heterocycles. The molecule has 4 nitrogen and oxygen atoms in total. The fourth-order valence-corrected chi connectivity index (χ4v) is 2.51. The number of halogens is 1. The Hall–Kier alpha value is -2.40. The zero-order chi connectivity index (χ0) is 16.1. The first-order valence-electron chi connectivity index (χ1n) is 7.56. The van der Waals surface area contributed by atoms with Crippen LogP contribution in [0.2, 0.25) is 0 Å². The monoisotopic (exact) mass is 315 g/mol. The molecular formula is C18H18FNO3. The Balaban J connectivity index is 1.57. The number of hydrogen-bond donors (Lipinski definition) is 0. The summed E-state index contributed by atoms with van der Waals surface area (Å²) >= 11 is 0. The van der Waals surface area contributed by atoms with Gasteiger partial charge in [-0.05, 0) is 24.3 Å². The molecule has 0 saturated carbocycles. The van der Waals surface area contributed by atoms with Gasteiger partial charge in [0, 0.05) is 18.2 Å². The number of amides is 1. The summed E-state index contributed by atoms with van der Waals surface area (Å²) in [4.78, 5) is 14.2. The van der Waals surface area contributed by atoms with Crippen molar-refractivity contribution in [2.45, 2.75) is 6.10 Å². The van der Waals surface area contributed by atoms with Gasteiger partial charge < -0.3 is 14.4 Å². The molecule has 0 bridgehead atoms. The molecule has 2 aromatic carbocycles. The summed E-state index contributed by atoms with van der Waals surface area (Å²) in [6, 6.07) is 15.2. The minimum absolute atomic E-state index is 0.00958. The van der Waals surface area contributed by atoms with E-state index in [-0.39, 0.29) is 24.4 Å². The molecule has 0 aliphatic carbocycles. The van der Waals surface area contributed by atoms with Crippen LogP contribution in [0.1, 0.15) is 10.4 Å². The maximum absolute atomic E-state index is 13.1. The highest BCUT2D eigenvalue weighted by atomic mass is 19.1. The van der Waals surface area contributed by atoms with Crippen LogP contribution >= 0.6 is 0 Å². The molecule has 0 radical (unpaired) electrons. The second kappa shape index (κ2) is 7.24. The SMILES string of the molecule is O=C(c1ccccc1)N1CCOC(COc2cccc(F)c2)C1. The summed E-state index contributed by atoms with van der Waals surface area (Å²) in [5.74, 6) is 0.109. The Morgan fingerprint density at radius 3 is 2.83 bits per heavy atom. The quantitative estimate of drug-likeness (QED) is 0.871. The average Bonchev–Trinajstić information content (AvgIpc) is 2.60. The molecule has 1 fully saturated rings. The molecule has 0 N–H and O–H groups in total. The van der Waals surface area contributed by atoms with E-state index in [9.17, 15) is 9.18 Å². The number of benzene rings is 2. The van der Waals surface area contributed by atoms with Crippen LogP contribution in [0.25, 0.3) is 0 Å². The largest absolute Gasteiger partial charge is 0.491 e. The highest BCUT2D eigenvalue weighted by Gasteiger charge is 2.25. The summed E-state index contributed by atoms with van der Waals surface area (Å²) in [5.41, 5.74) is 0.666.